The van der Waals surface area contributed by atoms with E-state index in [0.717, 1.165) is 30.8 Å². The van der Waals surface area contributed by atoms with Gasteiger partial charge in [-0.2, -0.15) is 4.98 Å². The molecule has 2 aromatic rings. The van der Waals surface area contributed by atoms with Gasteiger partial charge in [0.15, 0.2) is 5.82 Å². The van der Waals surface area contributed by atoms with Gasteiger partial charge in [-0.25, -0.2) is 0 Å². The van der Waals surface area contributed by atoms with Gasteiger partial charge in [-0.05, 0) is 24.5 Å². The van der Waals surface area contributed by atoms with Gasteiger partial charge in [0.05, 0.1) is 25.9 Å². The lowest BCUT2D eigenvalue weighted by molar-refractivity contribution is 0.199. The van der Waals surface area contributed by atoms with Crippen LogP contribution in [-0.2, 0) is 24.1 Å². The molecule has 0 radical (unpaired) electrons. The summed E-state index contributed by atoms with van der Waals surface area (Å²) in [6, 6.07) is 6.19. The second-order valence-electron chi connectivity index (χ2n) is 5.34. The average Bonchev–Trinajstić information content (AvgIpc) is 3.00. The van der Waals surface area contributed by atoms with Crippen molar-refractivity contribution in [3.8, 4) is 5.75 Å². The first-order chi connectivity index (χ1) is 10.8. The Morgan fingerprint density at radius 1 is 1.32 bits per heavy atom. The van der Waals surface area contributed by atoms with Gasteiger partial charge in [0.25, 0.3) is 0 Å². The fourth-order valence-electron chi connectivity index (χ4n) is 2.84. The molecule has 0 saturated heterocycles. The first-order valence-corrected chi connectivity index (χ1v) is 7.53. The lowest BCUT2D eigenvalue weighted by Crippen LogP contribution is -2.29. The molecule has 0 bridgehead atoms. The SMILES string of the molecule is COCCc1noc(CN2CCCc3cccc(OC)c32)n1. The van der Waals surface area contributed by atoms with Crippen LogP contribution in [0, 0.1) is 0 Å². The average molecular weight is 303 g/mol. The molecule has 1 aromatic heterocycles. The molecule has 0 amide bonds. The number of fused-ring (bicyclic) bond motifs is 1. The summed E-state index contributed by atoms with van der Waals surface area (Å²) in [6.07, 6.45) is 2.86. The monoisotopic (exact) mass is 303 g/mol. The fraction of sp³-hybridized carbons (Fsp3) is 0.500. The first-order valence-electron chi connectivity index (χ1n) is 7.53. The Balaban J connectivity index is 1.78. The van der Waals surface area contributed by atoms with Crippen molar-refractivity contribution < 1.29 is 14.0 Å². The molecule has 22 heavy (non-hydrogen) atoms. The van der Waals surface area contributed by atoms with Crippen molar-refractivity contribution in [3.05, 3.63) is 35.5 Å². The summed E-state index contributed by atoms with van der Waals surface area (Å²) >= 11 is 0. The number of aromatic nitrogens is 2. The van der Waals surface area contributed by atoms with Gasteiger partial charge in [-0.1, -0.05) is 17.3 Å². The van der Waals surface area contributed by atoms with Gasteiger partial charge in [-0.15, -0.1) is 0 Å². The van der Waals surface area contributed by atoms with E-state index in [2.05, 4.69) is 21.1 Å². The highest BCUT2D eigenvalue weighted by Crippen LogP contribution is 2.36. The quantitative estimate of drug-likeness (QED) is 0.815. The van der Waals surface area contributed by atoms with E-state index in [1.54, 1.807) is 14.2 Å². The Bertz CT molecular complexity index is 613. The molecule has 3 rings (SSSR count). The van der Waals surface area contributed by atoms with E-state index >= 15 is 0 Å². The Morgan fingerprint density at radius 3 is 3.05 bits per heavy atom. The molecule has 6 nitrogen and oxygen atoms in total. The van der Waals surface area contributed by atoms with Gasteiger partial charge in [0, 0.05) is 20.1 Å². The zero-order chi connectivity index (χ0) is 15.4. The second-order valence-corrected chi connectivity index (χ2v) is 5.34. The van der Waals surface area contributed by atoms with Crippen LogP contribution in [0.25, 0.3) is 0 Å². The maximum atomic E-state index is 5.51. The summed E-state index contributed by atoms with van der Waals surface area (Å²) < 4.78 is 15.9. The molecule has 1 aromatic carbocycles. The molecule has 2 heterocycles. The summed E-state index contributed by atoms with van der Waals surface area (Å²) in [5.74, 6) is 2.22. The summed E-state index contributed by atoms with van der Waals surface area (Å²) in [5, 5.41) is 3.99. The molecule has 6 heteroatoms. The van der Waals surface area contributed by atoms with E-state index < -0.39 is 0 Å². The molecule has 0 atom stereocenters. The van der Waals surface area contributed by atoms with Crippen LogP contribution in [0.3, 0.4) is 0 Å². The lowest BCUT2D eigenvalue weighted by Gasteiger charge is -2.31. The van der Waals surface area contributed by atoms with Crippen LogP contribution < -0.4 is 9.64 Å². The van der Waals surface area contributed by atoms with Crippen LogP contribution in [0.15, 0.2) is 22.7 Å². The third-order valence-corrected chi connectivity index (χ3v) is 3.86. The second kappa shape index (κ2) is 6.79. The number of rotatable bonds is 6. The summed E-state index contributed by atoms with van der Waals surface area (Å²) in [4.78, 5) is 6.69. The maximum absolute atomic E-state index is 5.51. The van der Waals surface area contributed by atoms with Gasteiger partial charge in [0.2, 0.25) is 5.89 Å². The highest BCUT2D eigenvalue weighted by molar-refractivity contribution is 5.65. The molecular weight excluding hydrogens is 282 g/mol. The number of nitrogens with zero attached hydrogens (tertiary/aromatic N) is 3. The molecule has 0 saturated carbocycles. The highest BCUT2D eigenvalue weighted by Gasteiger charge is 2.22. The van der Waals surface area contributed by atoms with Gasteiger partial charge >= 0.3 is 0 Å². The van der Waals surface area contributed by atoms with Crippen LogP contribution in [0.1, 0.15) is 23.7 Å². The standard InChI is InChI=1S/C16H21N3O3/c1-20-10-8-14-17-15(22-18-14)11-19-9-4-6-12-5-3-7-13(21-2)16(12)19/h3,5,7H,4,6,8-11H2,1-2H3. The van der Waals surface area contributed by atoms with Crippen molar-refractivity contribution in [1.82, 2.24) is 10.1 Å². The summed E-state index contributed by atoms with van der Waals surface area (Å²) in [6.45, 7) is 2.16. The molecule has 0 aliphatic carbocycles. The van der Waals surface area contributed by atoms with Crippen LogP contribution in [0.5, 0.6) is 5.75 Å². The van der Waals surface area contributed by atoms with Crippen LogP contribution in [0.4, 0.5) is 5.69 Å². The maximum Gasteiger partial charge on any atom is 0.246 e. The van der Waals surface area contributed by atoms with Crippen molar-refractivity contribution >= 4 is 5.69 Å². The summed E-state index contributed by atoms with van der Waals surface area (Å²) in [5.41, 5.74) is 2.46. The number of methoxy groups -OCH3 is 2. The zero-order valence-electron chi connectivity index (χ0n) is 13.0. The smallest absolute Gasteiger partial charge is 0.246 e. The lowest BCUT2D eigenvalue weighted by atomic mass is 10.0. The third kappa shape index (κ3) is 3.06. The van der Waals surface area contributed by atoms with E-state index in [0.29, 0.717) is 31.3 Å². The number of para-hydroxylation sites is 1. The van der Waals surface area contributed by atoms with Crippen molar-refractivity contribution in [2.75, 3.05) is 32.3 Å². The Kier molecular flexibility index (Phi) is 4.58. The van der Waals surface area contributed by atoms with Crippen molar-refractivity contribution in [1.29, 1.82) is 0 Å². The minimum absolute atomic E-state index is 0.597. The molecule has 118 valence electrons. The van der Waals surface area contributed by atoms with Crippen molar-refractivity contribution in [2.45, 2.75) is 25.8 Å². The predicted molar refractivity (Wildman–Crippen MR) is 82.2 cm³/mol. The molecule has 0 unspecified atom stereocenters. The molecule has 0 fully saturated rings. The number of ether oxygens (including phenoxy) is 2. The Labute approximate surface area is 130 Å². The van der Waals surface area contributed by atoms with Crippen LogP contribution in [0.2, 0.25) is 0 Å². The zero-order valence-corrected chi connectivity index (χ0v) is 13.0. The van der Waals surface area contributed by atoms with E-state index in [1.165, 1.54) is 5.56 Å². The fourth-order valence-corrected chi connectivity index (χ4v) is 2.84. The van der Waals surface area contributed by atoms with E-state index in [-0.39, 0.29) is 0 Å². The summed E-state index contributed by atoms with van der Waals surface area (Å²) in [7, 11) is 3.37. The van der Waals surface area contributed by atoms with Crippen LogP contribution in [-0.4, -0.2) is 37.5 Å². The van der Waals surface area contributed by atoms with Gasteiger partial charge in [0.1, 0.15) is 5.75 Å². The first kappa shape index (κ1) is 14.8. The van der Waals surface area contributed by atoms with Gasteiger partial charge in [-0.3, -0.25) is 0 Å². The minimum atomic E-state index is 0.597. The molecule has 1 aliphatic heterocycles. The number of hydrogen-bond donors (Lipinski definition) is 0. The normalized spacial score (nSPS) is 14.0. The number of anilines is 1. The van der Waals surface area contributed by atoms with E-state index in [1.807, 2.05) is 12.1 Å². The van der Waals surface area contributed by atoms with Crippen molar-refractivity contribution in [3.63, 3.8) is 0 Å². The molecule has 0 N–H and O–H groups in total. The molecular formula is C16H21N3O3. The van der Waals surface area contributed by atoms with Crippen LogP contribution >= 0.6 is 0 Å². The third-order valence-electron chi connectivity index (χ3n) is 3.86. The number of hydrogen-bond acceptors (Lipinski definition) is 6. The molecule has 0 spiro atoms. The highest BCUT2D eigenvalue weighted by atomic mass is 16.5. The number of aryl methyl sites for hydroxylation is 1. The number of benzene rings is 1. The van der Waals surface area contributed by atoms with Crippen molar-refractivity contribution in [2.24, 2.45) is 0 Å². The Hall–Kier alpha value is -2.08. The minimum Gasteiger partial charge on any atom is -0.495 e. The molecule has 1 aliphatic rings. The van der Waals surface area contributed by atoms with E-state index in [4.69, 9.17) is 14.0 Å². The topological polar surface area (TPSA) is 60.6 Å². The largest absolute Gasteiger partial charge is 0.495 e. The Morgan fingerprint density at radius 2 is 2.23 bits per heavy atom. The van der Waals surface area contributed by atoms with E-state index in [9.17, 15) is 0 Å². The predicted octanol–water partition coefficient (Wildman–Crippen LogP) is 2.22. The van der Waals surface area contributed by atoms with Gasteiger partial charge < -0.3 is 18.9 Å².